The zero-order valence-electron chi connectivity index (χ0n) is 17.1. The SMILES string of the molecule is C[C@H]1Oc2c(C(=O)N3CCN(Cc4cc(=O)n5ccsc5n4)CC3)cccc2[C@@H]1C. The molecule has 1 saturated heterocycles. The lowest BCUT2D eigenvalue weighted by atomic mass is 9.96. The number of thiazole rings is 1. The van der Waals surface area contributed by atoms with E-state index < -0.39 is 0 Å². The predicted octanol–water partition coefficient (Wildman–Crippen LogP) is 2.60. The van der Waals surface area contributed by atoms with Crippen LogP contribution in [0.1, 0.15) is 41.4 Å². The summed E-state index contributed by atoms with van der Waals surface area (Å²) in [5.41, 5.74) is 2.51. The smallest absolute Gasteiger partial charge is 0.258 e. The van der Waals surface area contributed by atoms with Crippen molar-refractivity contribution in [2.75, 3.05) is 26.2 Å². The molecule has 0 N–H and O–H groups in total. The Labute approximate surface area is 178 Å². The fraction of sp³-hybridized carbons (Fsp3) is 0.409. The van der Waals surface area contributed by atoms with Crippen LogP contribution in [-0.2, 0) is 6.54 Å². The minimum atomic E-state index is -0.0496. The fourth-order valence-electron chi connectivity index (χ4n) is 4.23. The average Bonchev–Trinajstić information content (AvgIpc) is 3.33. The minimum Gasteiger partial charge on any atom is -0.489 e. The molecule has 156 valence electrons. The molecular formula is C22H24N4O3S. The van der Waals surface area contributed by atoms with Crippen LogP contribution in [0.2, 0.25) is 0 Å². The zero-order valence-corrected chi connectivity index (χ0v) is 17.9. The van der Waals surface area contributed by atoms with E-state index in [1.807, 2.05) is 29.3 Å². The first-order valence-electron chi connectivity index (χ1n) is 10.3. The summed E-state index contributed by atoms with van der Waals surface area (Å²) in [6.07, 6.45) is 1.83. The summed E-state index contributed by atoms with van der Waals surface area (Å²) in [7, 11) is 0. The molecule has 0 aliphatic carbocycles. The number of fused-ring (bicyclic) bond motifs is 2. The molecule has 5 rings (SSSR count). The standard InChI is InChI=1S/C22H24N4O3S/c1-14-15(2)29-20-17(14)4-3-5-18(20)21(28)25-8-6-24(7-9-25)13-16-12-19(27)26-10-11-30-22(26)23-16/h3-5,10-12,14-15H,6-9,13H2,1-2H3/t14-,15-/m1/s1. The number of rotatable bonds is 3. The van der Waals surface area contributed by atoms with Crippen molar-refractivity contribution in [1.29, 1.82) is 0 Å². The van der Waals surface area contributed by atoms with Crippen molar-refractivity contribution in [3.63, 3.8) is 0 Å². The quantitative estimate of drug-likeness (QED) is 0.647. The van der Waals surface area contributed by atoms with Gasteiger partial charge >= 0.3 is 0 Å². The Kier molecular flexibility index (Phi) is 4.83. The van der Waals surface area contributed by atoms with Crippen LogP contribution in [0.5, 0.6) is 5.75 Å². The van der Waals surface area contributed by atoms with Gasteiger partial charge in [-0.1, -0.05) is 19.1 Å². The number of aromatic nitrogens is 2. The Morgan fingerprint density at radius 2 is 2.03 bits per heavy atom. The molecule has 0 spiro atoms. The molecule has 3 aromatic rings. The molecule has 1 aromatic carbocycles. The second kappa shape index (κ2) is 7.52. The van der Waals surface area contributed by atoms with Crippen LogP contribution in [0.15, 0.2) is 40.6 Å². The highest BCUT2D eigenvalue weighted by atomic mass is 32.1. The van der Waals surface area contributed by atoms with Gasteiger partial charge in [-0.15, -0.1) is 11.3 Å². The van der Waals surface area contributed by atoms with E-state index in [2.05, 4.69) is 22.9 Å². The van der Waals surface area contributed by atoms with Crippen LogP contribution < -0.4 is 10.3 Å². The highest BCUT2D eigenvalue weighted by Crippen LogP contribution is 2.40. The van der Waals surface area contributed by atoms with Crippen LogP contribution in [0, 0.1) is 0 Å². The van der Waals surface area contributed by atoms with Gasteiger partial charge < -0.3 is 9.64 Å². The van der Waals surface area contributed by atoms with Gasteiger partial charge in [0.15, 0.2) is 4.96 Å². The largest absolute Gasteiger partial charge is 0.489 e. The first kappa shape index (κ1) is 19.3. The summed E-state index contributed by atoms with van der Waals surface area (Å²) < 4.78 is 7.57. The summed E-state index contributed by atoms with van der Waals surface area (Å²) in [6.45, 7) is 7.59. The predicted molar refractivity (Wildman–Crippen MR) is 115 cm³/mol. The van der Waals surface area contributed by atoms with Crippen LogP contribution >= 0.6 is 11.3 Å². The monoisotopic (exact) mass is 424 g/mol. The maximum absolute atomic E-state index is 13.2. The summed E-state index contributed by atoms with van der Waals surface area (Å²) in [5, 5.41) is 1.86. The highest BCUT2D eigenvalue weighted by Gasteiger charge is 2.33. The third-order valence-electron chi connectivity index (χ3n) is 6.18. The van der Waals surface area contributed by atoms with E-state index in [1.54, 1.807) is 16.7 Å². The second-order valence-corrected chi connectivity index (χ2v) is 8.92. The number of benzene rings is 1. The van der Waals surface area contributed by atoms with Gasteiger partial charge in [0.25, 0.3) is 11.5 Å². The maximum atomic E-state index is 13.2. The molecule has 2 aliphatic rings. The Bertz CT molecular complexity index is 1160. The Hall–Kier alpha value is -2.71. The Morgan fingerprint density at radius 1 is 1.23 bits per heavy atom. The van der Waals surface area contributed by atoms with Gasteiger partial charge in [0.1, 0.15) is 11.9 Å². The molecule has 4 heterocycles. The molecule has 1 amide bonds. The lowest BCUT2D eigenvalue weighted by molar-refractivity contribution is 0.0622. The minimum absolute atomic E-state index is 0.0316. The maximum Gasteiger partial charge on any atom is 0.258 e. The lowest BCUT2D eigenvalue weighted by Gasteiger charge is -2.34. The molecular weight excluding hydrogens is 400 g/mol. The van der Waals surface area contributed by atoms with Gasteiger partial charge in [-0.2, -0.15) is 0 Å². The van der Waals surface area contributed by atoms with Gasteiger partial charge in [-0.25, -0.2) is 4.98 Å². The van der Waals surface area contributed by atoms with Gasteiger partial charge in [0.2, 0.25) is 0 Å². The molecule has 2 aliphatic heterocycles. The van der Waals surface area contributed by atoms with Crippen molar-refractivity contribution >= 4 is 22.2 Å². The summed E-state index contributed by atoms with van der Waals surface area (Å²) in [4.78, 5) is 34.8. The third-order valence-corrected chi connectivity index (χ3v) is 6.93. The molecule has 0 radical (unpaired) electrons. The first-order valence-corrected chi connectivity index (χ1v) is 11.2. The van der Waals surface area contributed by atoms with Crippen molar-refractivity contribution in [3.05, 3.63) is 63.0 Å². The number of piperazine rings is 1. The van der Waals surface area contributed by atoms with Crippen LogP contribution in [0.25, 0.3) is 4.96 Å². The summed E-state index contributed by atoms with van der Waals surface area (Å²) in [6, 6.07) is 7.47. The number of carbonyl (C=O) groups excluding carboxylic acids is 1. The van der Waals surface area contributed by atoms with Crippen molar-refractivity contribution in [2.24, 2.45) is 0 Å². The van der Waals surface area contributed by atoms with Crippen molar-refractivity contribution in [2.45, 2.75) is 32.4 Å². The number of carbonyl (C=O) groups is 1. The van der Waals surface area contributed by atoms with E-state index in [0.717, 1.165) is 30.1 Å². The lowest BCUT2D eigenvalue weighted by Crippen LogP contribution is -2.48. The molecule has 2 aromatic heterocycles. The van der Waals surface area contributed by atoms with Crippen LogP contribution in [0.4, 0.5) is 0 Å². The van der Waals surface area contributed by atoms with E-state index >= 15 is 0 Å². The first-order chi connectivity index (χ1) is 14.5. The normalized spacial score (nSPS) is 21.6. The van der Waals surface area contributed by atoms with E-state index in [1.165, 1.54) is 11.3 Å². The van der Waals surface area contributed by atoms with E-state index in [9.17, 15) is 9.59 Å². The van der Waals surface area contributed by atoms with E-state index in [0.29, 0.717) is 36.1 Å². The fourth-order valence-corrected chi connectivity index (χ4v) is 4.97. The van der Waals surface area contributed by atoms with Crippen molar-refractivity contribution in [1.82, 2.24) is 19.2 Å². The number of hydrogen-bond acceptors (Lipinski definition) is 6. The molecule has 8 heteroatoms. The van der Waals surface area contributed by atoms with Crippen LogP contribution in [-0.4, -0.2) is 57.4 Å². The van der Waals surface area contributed by atoms with Gasteiger partial charge in [0.05, 0.1) is 11.3 Å². The summed E-state index contributed by atoms with van der Waals surface area (Å²) >= 11 is 1.46. The number of para-hydroxylation sites is 1. The number of ether oxygens (including phenoxy) is 1. The van der Waals surface area contributed by atoms with Crippen LogP contribution in [0.3, 0.4) is 0 Å². The zero-order chi connectivity index (χ0) is 20.8. The molecule has 0 unspecified atom stereocenters. The molecule has 1 fully saturated rings. The molecule has 30 heavy (non-hydrogen) atoms. The molecule has 7 nitrogen and oxygen atoms in total. The van der Waals surface area contributed by atoms with Gasteiger partial charge in [-0.05, 0) is 13.0 Å². The highest BCUT2D eigenvalue weighted by molar-refractivity contribution is 7.15. The number of amides is 1. The topological polar surface area (TPSA) is 67.2 Å². The Balaban J connectivity index is 1.26. The third kappa shape index (κ3) is 3.30. The van der Waals surface area contributed by atoms with E-state index in [4.69, 9.17) is 4.74 Å². The van der Waals surface area contributed by atoms with Gasteiger partial charge in [0, 0.05) is 61.8 Å². The number of nitrogens with zero attached hydrogens (tertiary/aromatic N) is 4. The second-order valence-electron chi connectivity index (χ2n) is 8.05. The summed E-state index contributed by atoms with van der Waals surface area (Å²) in [5.74, 6) is 1.07. The van der Waals surface area contributed by atoms with E-state index in [-0.39, 0.29) is 17.6 Å². The van der Waals surface area contributed by atoms with Crippen molar-refractivity contribution < 1.29 is 9.53 Å². The van der Waals surface area contributed by atoms with Crippen molar-refractivity contribution in [3.8, 4) is 5.75 Å². The number of hydrogen-bond donors (Lipinski definition) is 0. The molecule has 0 saturated carbocycles. The Morgan fingerprint density at radius 3 is 2.83 bits per heavy atom. The average molecular weight is 425 g/mol. The van der Waals surface area contributed by atoms with Gasteiger partial charge in [-0.3, -0.25) is 18.9 Å². The molecule has 0 bridgehead atoms. The molecule has 2 atom stereocenters.